The molecule has 0 atom stereocenters. The third-order valence-corrected chi connectivity index (χ3v) is 3.89. The van der Waals surface area contributed by atoms with E-state index in [1.807, 2.05) is 37.4 Å². The van der Waals surface area contributed by atoms with Crippen LogP contribution in [0.5, 0.6) is 11.5 Å². The second-order valence-electron chi connectivity index (χ2n) is 5.22. The molecule has 4 nitrogen and oxygen atoms in total. The Morgan fingerprint density at radius 2 is 1.82 bits per heavy atom. The van der Waals surface area contributed by atoms with Crippen molar-refractivity contribution in [1.29, 1.82) is 0 Å². The molecule has 1 aromatic heterocycles. The molecule has 0 amide bonds. The minimum Gasteiger partial charge on any atom is -0.497 e. The fourth-order valence-corrected chi connectivity index (χ4v) is 2.71. The molecule has 4 heteroatoms. The van der Waals surface area contributed by atoms with Gasteiger partial charge in [0.25, 0.3) is 0 Å². The van der Waals surface area contributed by atoms with Gasteiger partial charge in [0.2, 0.25) is 0 Å². The topological polar surface area (TPSA) is 49.4 Å². The van der Waals surface area contributed by atoms with Crippen LogP contribution in [0.3, 0.4) is 0 Å². The normalized spacial score (nSPS) is 10.9. The number of ether oxygens (including phenoxy) is 2. The molecular weight excluding hydrogens is 276 g/mol. The molecule has 3 rings (SSSR count). The molecule has 22 heavy (non-hydrogen) atoms. The number of nitrogens with two attached hydrogens (primary N) is 1. The van der Waals surface area contributed by atoms with Gasteiger partial charge in [0, 0.05) is 25.0 Å². The van der Waals surface area contributed by atoms with Crippen molar-refractivity contribution in [2.75, 3.05) is 7.11 Å². The van der Waals surface area contributed by atoms with Gasteiger partial charge in [-0.3, -0.25) is 0 Å². The van der Waals surface area contributed by atoms with E-state index < -0.39 is 0 Å². The van der Waals surface area contributed by atoms with Crippen LogP contribution in [0, 0.1) is 0 Å². The van der Waals surface area contributed by atoms with Crippen molar-refractivity contribution in [3.05, 3.63) is 59.8 Å². The molecule has 0 bridgehead atoms. The Kier molecular flexibility index (Phi) is 4.02. The highest BCUT2D eigenvalue weighted by Gasteiger charge is 2.09. The van der Waals surface area contributed by atoms with Crippen LogP contribution in [0.4, 0.5) is 0 Å². The maximum Gasteiger partial charge on any atom is 0.128 e. The van der Waals surface area contributed by atoms with Gasteiger partial charge in [-0.05, 0) is 23.8 Å². The molecule has 0 saturated heterocycles. The van der Waals surface area contributed by atoms with Gasteiger partial charge in [-0.2, -0.15) is 0 Å². The van der Waals surface area contributed by atoms with E-state index in [1.54, 1.807) is 7.11 Å². The Morgan fingerprint density at radius 1 is 1.05 bits per heavy atom. The fraction of sp³-hybridized carbons (Fsp3) is 0.222. The second-order valence-corrected chi connectivity index (χ2v) is 5.22. The summed E-state index contributed by atoms with van der Waals surface area (Å²) in [5, 5.41) is 1.19. The molecule has 0 spiro atoms. The summed E-state index contributed by atoms with van der Waals surface area (Å²) in [5.41, 5.74) is 9.26. The maximum absolute atomic E-state index is 5.89. The SMILES string of the molecule is COc1cccc(OCc2cc3cccc(CN)c3n2C)c1. The van der Waals surface area contributed by atoms with E-state index >= 15 is 0 Å². The predicted molar refractivity (Wildman–Crippen MR) is 88.1 cm³/mol. The third kappa shape index (κ3) is 2.65. The molecule has 3 aromatic rings. The largest absolute Gasteiger partial charge is 0.497 e. The molecule has 0 radical (unpaired) electrons. The Bertz CT molecular complexity index is 793. The summed E-state index contributed by atoms with van der Waals surface area (Å²) in [5.74, 6) is 1.59. The molecule has 2 aromatic carbocycles. The minimum absolute atomic E-state index is 0.502. The molecule has 0 fully saturated rings. The van der Waals surface area contributed by atoms with Crippen LogP contribution in [-0.4, -0.2) is 11.7 Å². The van der Waals surface area contributed by atoms with Gasteiger partial charge in [0.05, 0.1) is 18.3 Å². The number of aryl methyl sites for hydroxylation is 1. The van der Waals surface area contributed by atoms with E-state index in [1.165, 1.54) is 10.9 Å². The number of fused-ring (bicyclic) bond motifs is 1. The van der Waals surface area contributed by atoms with Crippen molar-refractivity contribution in [2.24, 2.45) is 12.8 Å². The molecule has 0 aliphatic heterocycles. The molecule has 1 heterocycles. The summed E-state index contributed by atoms with van der Waals surface area (Å²) < 4.78 is 13.2. The lowest BCUT2D eigenvalue weighted by atomic mass is 10.1. The van der Waals surface area contributed by atoms with Crippen LogP contribution in [-0.2, 0) is 20.2 Å². The zero-order valence-corrected chi connectivity index (χ0v) is 12.9. The summed E-state index contributed by atoms with van der Waals surface area (Å²) in [6.45, 7) is 1.04. The van der Waals surface area contributed by atoms with E-state index in [0.29, 0.717) is 13.2 Å². The predicted octanol–water partition coefficient (Wildman–Crippen LogP) is 3.22. The summed E-state index contributed by atoms with van der Waals surface area (Å²) in [4.78, 5) is 0. The highest BCUT2D eigenvalue weighted by atomic mass is 16.5. The van der Waals surface area contributed by atoms with E-state index in [2.05, 4.69) is 22.8 Å². The molecule has 0 aliphatic carbocycles. The fourth-order valence-electron chi connectivity index (χ4n) is 2.71. The number of para-hydroxylation sites is 1. The molecule has 0 saturated carbocycles. The smallest absolute Gasteiger partial charge is 0.128 e. The van der Waals surface area contributed by atoms with E-state index in [-0.39, 0.29) is 0 Å². The lowest BCUT2D eigenvalue weighted by Crippen LogP contribution is -2.04. The van der Waals surface area contributed by atoms with Gasteiger partial charge in [-0.25, -0.2) is 0 Å². The Labute approximate surface area is 130 Å². The van der Waals surface area contributed by atoms with Crippen LogP contribution in [0.2, 0.25) is 0 Å². The Morgan fingerprint density at radius 3 is 2.59 bits per heavy atom. The number of benzene rings is 2. The second kappa shape index (κ2) is 6.12. The average Bonchev–Trinajstić information content (AvgIpc) is 2.89. The van der Waals surface area contributed by atoms with Crippen molar-refractivity contribution in [2.45, 2.75) is 13.2 Å². The van der Waals surface area contributed by atoms with Crippen LogP contribution < -0.4 is 15.2 Å². The Hall–Kier alpha value is -2.46. The first kappa shape index (κ1) is 14.5. The molecular formula is C18H20N2O2. The van der Waals surface area contributed by atoms with Crippen LogP contribution in [0.25, 0.3) is 10.9 Å². The van der Waals surface area contributed by atoms with Gasteiger partial charge in [-0.1, -0.05) is 24.3 Å². The molecule has 0 unspecified atom stereocenters. The number of aromatic nitrogens is 1. The summed E-state index contributed by atoms with van der Waals surface area (Å²) in [7, 11) is 3.70. The van der Waals surface area contributed by atoms with Gasteiger partial charge in [-0.15, -0.1) is 0 Å². The van der Waals surface area contributed by atoms with E-state index in [9.17, 15) is 0 Å². The van der Waals surface area contributed by atoms with Gasteiger partial charge in [0.15, 0.2) is 0 Å². The zero-order chi connectivity index (χ0) is 15.5. The number of rotatable bonds is 5. The van der Waals surface area contributed by atoms with Gasteiger partial charge in [0.1, 0.15) is 18.1 Å². The van der Waals surface area contributed by atoms with Crippen molar-refractivity contribution in [3.8, 4) is 11.5 Å². The first-order valence-corrected chi connectivity index (χ1v) is 7.26. The maximum atomic E-state index is 5.89. The summed E-state index contributed by atoms with van der Waals surface area (Å²) in [6.07, 6.45) is 0. The monoisotopic (exact) mass is 296 g/mol. The average molecular weight is 296 g/mol. The Balaban J connectivity index is 1.86. The van der Waals surface area contributed by atoms with Crippen LogP contribution in [0.15, 0.2) is 48.5 Å². The number of hydrogen-bond donors (Lipinski definition) is 1. The quantitative estimate of drug-likeness (QED) is 0.786. The lowest BCUT2D eigenvalue weighted by molar-refractivity contribution is 0.295. The van der Waals surface area contributed by atoms with Gasteiger partial charge < -0.3 is 19.8 Å². The van der Waals surface area contributed by atoms with Crippen molar-refractivity contribution < 1.29 is 9.47 Å². The van der Waals surface area contributed by atoms with Crippen LogP contribution in [0.1, 0.15) is 11.3 Å². The van der Waals surface area contributed by atoms with E-state index in [4.69, 9.17) is 15.2 Å². The first-order valence-electron chi connectivity index (χ1n) is 7.26. The van der Waals surface area contributed by atoms with Crippen molar-refractivity contribution >= 4 is 10.9 Å². The highest BCUT2D eigenvalue weighted by molar-refractivity contribution is 5.84. The van der Waals surface area contributed by atoms with Crippen LogP contribution >= 0.6 is 0 Å². The van der Waals surface area contributed by atoms with Gasteiger partial charge >= 0.3 is 0 Å². The molecule has 2 N–H and O–H groups in total. The van der Waals surface area contributed by atoms with Crippen molar-refractivity contribution in [1.82, 2.24) is 4.57 Å². The summed E-state index contributed by atoms with van der Waals surface area (Å²) in [6, 6.07) is 16.0. The number of nitrogens with zero attached hydrogens (tertiary/aromatic N) is 1. The van der Waals surface area contributed by atoms with E-state index in [0.717, 1.165) is 22.8 Å². The lowest BCUT2D eigenvalue weighted by Gasteiger charge is -2.09. The minimum atomic E-state index is 0.502. The third-order valence-electron chi connectivity index (χ3n) is 3.89. The molecule has 0 aliphatic rings. The molecule has 114 valence electrons. The highest BCUT2D eigenvalue weighted by Crippen LogP contribution is 2.24. The summed E-state index contributed by atoms with van der Waals surface area (Å²) >= 11 is 0. The number of methoxy groups -OCH3 is 1. The zero-order valence-electron chi connectivity index (χ0n) is 12.9. The first-order chi connectivity index (χ1) is 10.7. The standard InChI is InChI=1S/C18H20N2O2/c1-20-15(9-13-5-3-6-14(11-19)18(13)20)12-22-17-8-4-7-16(10-17)21-2/h3-10H,11-12,19H2,1-2H3. The van der Waals surface area contributed by atoms with Crippen molar-refractivity contribution in [3.63, 3.8) is 0 Å². The number of hydrogen-bond acceptors (Lipinski definition) is 3.